The number of hydrogen-bond acceptors (Lipinski definition) is 4. The number of para-hydroxylation sites is 1. The molecule has 1 aromatic rings. The Kier molecular flexibility index (Phi) is 6.06. The second-order valence-electron chi connectivity index (χ2n) is 4.46. The first-order valence-electron chi connectivity index (χ1n) is 6.04. The van der Waals surface area contributed by atoms with Gasteiger partial charge in [0.25, 0.3) is 0 Å². The van der Waals surface area contributed by atoms with Crippen LogP contribution in [-0.4, -0.2) is 40.9 Å². The van der Waals surface area contributed by atoms with Crippen molar-refractivity contribution in [2.24, 2.45) is 0 Å². The minimum atomic E-state index is -3.15. The molecule has 1 aliphatic heterocycles. The summed E-state index contributed by atoms with van der Waals surface area (Å²) in [7, 11) is -3.15. The van der Waals surface area contributed by atoms with E-state index in [1.165, 1.54) is 6.26 Å². The highest BCUT2D eigenvalue weighted by Crippen LogP contribution is 2.20. The molecule has 0 unspecified atom stereocenters. The van der Waals surface area contributed by atoms with Crippen LogP contribution in [-0.2, 0) is 16.6 Å². The standard InChI is InChI=1S/C12H19N3O2S.ClH/c1-18(16,17)14-10-11-4-2-3-5-12(11)15-8-6-13-7-9-15;/h2-5,13-14H,6-10H2,1H3;1H. The van der Waals surface area contributed by atoms with Gasteiger partial charge >= 0.3 is 0 Å². The Hall–Kier alpha value is -0.820. The summed E-state index contributed by atoms with van der Waals surface area (Å²) in [6, 6.07) is 7.94. The molecule has 0 atom stereocenters. The van der Waals surface area contributed by atoms with Gasteiger partial charge in [-0.25, -0.2) is 13.1 Å². The average molecular weight is 306 g/mol. The summed E-state index contributed by atoms with van der Waals surface area (Å²) in [5.74, 6) is 0. The van der Waals surface area contributed by atoms with Gasteiger partial charge in [0, 0.05) is 38.4 Å². The van der Waals surface area contributed by atoms with Gasteiger partial charge in [-0.2, -0.15) is 0 Å². The molecule has 1 saturated heterocycles. The van der Waals surface area contributed by atoms with Gasteiger partial charge in [0.05, 0.1) is 6.26 Å². The molecule has 5 nitrogen and oxygen atoms in total. The molecule has 0 bridgehead atoms. The first-order chi connectivity index (χ1) is 8.56. The lowest BCUT2D eigenvalue weighted by atomic mass is 10.1. The van der Waals surface area contributed by atoms with E-state index < -0.39 is 10.0 Å². The highest BCUT2D eigenvalue weighted by molar-refractivity contribution is 7.88. The van der Waals surface area contributed by atoms with Crippen molar-refractivity contribution >= 4 is 28.1 Å². The molecule has 2 N–H and O–H groups in total. The predicted octanol–water partition coefficient (Wildman–Crippen LogP) is 0.567. The van der Waals surface area contributed by atoms with Crippen molar-refractivity contribution in [2.75, 3.05) is 37.3 Å². The number of hydrogen-bond donors (Lipinski definition) is 2. The van der Waals surface area contributed by atoms with Gasteiger partial charge < -0.3 is 10.2 Å². The summed E-state index contributed by atoms with van der Waals surface area (Å²) in [5.41, 5.74) is 2.14. The molecule has 1 fully saturated rings. The average Bonchev–Trinajstić information content (AvgIpc) is 2.37. The Morgan fingerprint density at radius 1 is 1.26 bits per heavy atom. The van der Waals surface area contributed by atoms with Crippen LogP contribution in [0.5, 0.6) is 0 Å². The number of benzene rings is 1. The lowest BCUT2D eigenvalue weighted by Gasteiger charge is -2.31. The predicted molar refractivity (Wildman–Crippen MR) is 80.5 cm³/mol. The SMILES string of the molecule is CS(=O)(=O)NCc1ccccc1N1CCNCC1.Cl. The normalized spacial score (nSPS) is 15.9. The van der Waals surface area contributed by atoms with E-state index in [1.807, 2.05) is 24.3 Å². The monoisotopic (exact) mass is 305 g/mol. The molecule has 1 aliphatic rings. The van der Waals surface area contributed by atoms with E-state index in [0.717, 1.165) is 37.4 Å². The van der Waals surface area contributed by atoms with Crippen LogP contribution >= 0.6 is 12.4 Å². The maximum atomic E-state index is 11.2. The highest BCUT2D eigenvalue weighted by atomic mass is 35.5. The fourth-order valence-electron chi connectivity index (χ4n) is 2.08. The summed E-state index contributed by atoms with van der Waals surface area (Å²) in [4.78, 5) is 2.29. The van der Waals surface area contributed by atoms with Gasteiger partial charge in [0.1, 0.15) is 0 Å². The van der Waals surface area contributed by atoms with E-state index in [4.69, 9.17) is 0 Å². The van der Waals surface area contributed by atoms with Crippen LogP contribution < -0.4 is 14.9 Å². The van der Waals surface area contributed by atoms with E-state index in [9.17, 15) is 8.42 Å². The molecular formula is C12H20ClN3O2S. The van der Waals surface area contributed by atoms with Crippen molar-refractivity contribution < 1.29 is 8.42 Å². The molecule has 19 heavy (non-hydrogen) atoms. The smallest absolute Gasteiger partial charge is 0.209 e. The molecule has 1 aromatic carbocycles. The minimum Gasteiger partial charge on any atom is -0.369 e. The third kappa shape index (κ3) is 4.99. The fraction of sp³-hybridized carbons (Fsp3) is 0.500. The topological polar surface area (TPSA) is 61.4 Å². The highest BCUT2D eigenvalue weighted by Gasteiger charge is 2.14. The van der Waals surface area contributed by atoms with E-state index >= 15 is 0 Å². The summed E-state index contributed by atoms with van der Waals surface area (Å²) in [6.07, 6.45) is 1.18. The van der Waals surface area contributed by atoms with E-state index in [-0.39, 0.29) is 12.4 Å². The zero-order valence-electron chi connectivity index (χ0n) is 10.9. The summed E-state index contributed by atoms with van der Waals surface area (Å²) in [6.45, 7) is 4.19. The molecule has 2 rings (SSSR count). The molecule has 108 valence electrons. The van der Waals surface area contributed by atoms with Crippen molar-refractivity contribution in [2.45, 2.75) is 6.54 Å². The number of nitrogens with zero attached hydrogens (tertiary/aromatic N) is 1. The quantitative estimate of drug-likeness (QED) is 0.854. The largest absolute Gasteiger partial charge is 0.369 e. The number of sulfonamides is 1. The van der Waals surface area contributed by atoms with Gasteiger partial charge in [-0.05, 0) is 11.6 Å². The molecule has 0 aromatic heterocycles. The van der Waals surface area contributed by atoms with Gasteiger partial charge in [-0.15, -0.1) is 12.4 Å². The lowest BCUT2D eigenvalue weighted by molar-refractivity contribution is 0.582. The van der Waals surface area contributed by atoms with Crippen molar-refractivity contribution in [1.29, 1.82) is 0 Å². The molecule has 0 spiro atoms. The van der Waals surface area contributed by atoms with Gasteiger partial charge in [0.2, 0.25) is 10.0 Å². The van der Waals surface area contributed by atoms with Crippen LogP contribution in [0.2, 0.25) is 0 Å². The van der Waals surface area contributed by atoms with E-state index in [2.05, 4.69) is 14.9 Å². The first kappa shape index (κ1) is 16.2. The Labute approximate surface area is 120 Å². The first-order valence-corrected chi connectivity index (χ1v) is 7.93. The Morgan fingerprint density at radius 2 is 1.89 bits per heavy atom. The van der Waals surface area contributed by atoms with Gasteiger partial charge in [-0.1, -0.05) is 18.2 Å². The lowest BCUT2D eigenvalue weighted by Crippen LogP contribution is -2.44. The third-order valence-electron chi connectivity index (χ3n) is 2.97. The molecule has 0 aliphatic carbocycles. The number of anilines is 1. The summed E-state index contributed by atoms with van der Waals surface area (Å²) >= 11 is 0. The molecule has 7 heteroatoms. The van der Waals surface area contributed by atoms with E-state index in [1.54, 1.807) is 0 Å². The van der Waals surface area contributed by atoms with Crippen LogP contribution in [0.3, 0.4) is 0 Å². The zero-order valence-corrected chi connectivity index (χ0v) is 12.6. The molecular weight excluding hydrogens is 286 g/mol. The number of rotatable bonds is 4. The number of nitrogens with one attached hydrogen (secondary N) is 2. The molecule has 0 radical (unpaired) electrons. The van der Waals surface area contributed by atoms with Crippen LogP contribution in [0.15, 0.2) is 24.3 Å². The van der Waals surface area contributed by atoms with Crippen LogP contribution in [0, 0.1) is 0 Å². The van der Waals surface area contributed by atoms with Crippen LogP contribution in [0.25, 0.3) is 0 Å². The minimum absolute atomic E-state index is 0. The Bertz CT molecular complexity index is 501. The summed E-state index contributed by atoms with van der Waals surface area (Å²) in [5, 5.41) is 3.31. The van der Waals surface area contributed by atoms with Gasteiger partial charge in [0.15, 0.2) is 0 Å². The summed E-state index contributed by atoms with van der Waals surface area (Å²) < 4.78 is 24.9. The second-order valence-corrected chi connectivity index (χ2v) is 6.29. The fourth-order valence-corrected chi connectivity index (χ4v) is 2.50. The second kappa shape index (κ2) is 7.09. The van der Waals surface area contributed by atoms with Crippen LogP contribution in [0.1, 0.15) is 5.56 Å². The van der Waals surface area contributed by atoms with Crippen molar-refractivity contribution in [3.8, 4) is 0 Å². The van der Waals surface area contributed by atoms with Crippen molar-refractivity contribution in [1.82, 2.24) is 10.0 Å². The van der Waals surface area contributed by atoms with Crippen LogP contribution in [0.4, 0.5) is 5.69 Å². The maximum Gasteiger partial charge on any atom is 0.209 e. The number of piperazine rings is 1. The van der Waals surface area contributed by atoms with Gasteiger partial charge in [-0.3, -0.25) is 0 Å². The molecule has 0 saturated carbocycles. The third-order valence-corrected chi connectivity index (χ3v) is 3.64. The van der Waals surface area contributed by atoms with Crippen molar-refractivity contribution in [3.63, 3.8) is 0 Å². The Balaban J connectivity index is 0.00000180. The zero-order chi connectivity index (χ0) is 13.0. The van der Waals surface area contributed by atoms with E-state index in [0.29, 0.717) is 6.54 Å². The van der Waals surface area contributed by atoms with Crippen molar-refractivity contribution in [3.05, 3.63) is 29.8 Å². The molecule has 1 heterocycles. The maximum absolute atomic E-state index is 11.2. The molecule has 0 amide bonds. The Morgan fingerprint density at radius 3 is 2.53 bits per heavy atom. The number of halogens is 1.